The zero-order valence-corrected chi connectivity index (χ0v) is 20.4. The summed E-state index contributed by atoms with van der Waals surface area (Å²) in [6.07, 6.45) is 1.94. The average Bonchev–Trinajstić information content (AvgIpc) is 3.30. The van der Waals surface area contributed by atoms with Crippen LogP contribution in [0.15, 0.2) is 79.7 Å². The van der Waals surface area contributed by atoms with E-state index < -0.39 is 0 Å². The summed E-state index contributed by atoms with van der Waals surface area (Å²) in [4.78, 5) is 23.9. The Bertz CT molecular complexity index is 1150. The van der Waals surface area contributed by atoms with Gasteiger partial charge in [-0.25, -0.2) is 4.99 Å². The monoisotopic (exact) mass is 485 g/mol. The van der Waals surface area contributed by atoms with Gasteiger partial charge in [0.2, 0.25) is 0 Å². The molecule has 0 saturated carbocycles. The van der Waals surface area contributed by atoms with Crippen LogP contribution in [0.2, 0.25) is 5.02 Å². The van der Waals surface area contributed by atoms with Crippen LogP contribution in [0, 0.1) is 0 Å². The maximum atomic E-state index is 12.7. The smallest absolute Gasteiger partial charge is 0.266 e. The third kappa shape index (κ3) is 5.36. The zero-order valence-electron chi connectivity index (χ0n) is 17.2. The lowest BCUT2D eigenvalue weighted by molar-refractivity contribution is -0.121. The highest BCUT2D eigenvalue weighted by atomic mass is 35.5. The van der Waals surface area contributed by atoms with E-state index in [1.165, 1.54) is 11.8 Å². The van der Waals surface area contributed by atoms with Crippen molar-refractivity contribution in [3.8, 4) is 0 Å². The van der Waals surface area contributed by atoms with Gasteiger partial charge >= 0.3 is 0 Å². The highest BCUT2D eigenvalue weighted by Gasteiger charge is 2.30. The average molecular weight is 486 g/mol. The number of amides is 1. The van der Waals surface area contributed by atoms with E-state index in [9.17, 15) is 4.79 Å². The fraction of sp³-hybridized carbons (Fsp3) is 0.130. The van der Waals surface area contributed by atoms with Crippen LogP contribution in [0.25, 0.3) is 6.08 Å². The molecule has 1 fully saturated rings. The first-order valence-electron chi connectivity index (χ1n) is 9.46. The van der Waals surface area contributed by atoms with E-state index in [0.29, 0.717) is 10.1 Å². The number of carbonyl (C=O) groups is 1. The van der Waals surface area contributed by atoms with Crippen LogP contribution < -0.4 is 4.90 Å². The second kappa shape index (κ2) is 9.53. The number of anilines is 1. The Morgan fingerprint density at radius 1 is 1.03 bits per heavy atom. The van der Waals surface area contributed by atoms with Crippen LogP contribution in [0.1, 0.15) is 4.88 Å². The number of benzene rings is 2. The maximum absolute atomic E-state index is 12.7. The number of hydrogen-bond acceptors (Lipinski definition) is 6. The van der Waals surface area contributed by atoms with Gasteiger partial charge in [0.15, 0.2) is 5.17 Å². The summed E-state index contributed by atoms with van der Waals surface area (Å²) < 4.78 is 1.16. The van der Waals surface area contributed by atoms with Crippen LogP contribution in [-0.4, -0.2) is 37.1 Å². The summed E-state index contributed by atoms with van der Waals surface area (Å²) in [6, 6.07) is 19.9. The van der Waals surface area contributed by atoms with Crippen LogP contribution in [0.4, 0.5) is 11.4 Å². The number of likely N-dealkylation sites (N-methyl/N-ethyl adjacent to an activating group) is 1. The summed E-state index contributed by atoms with van der Waals surface area (Å²) in [5.74, 6) is -0.0334. The summed E-state index contributed by atoms with van der Waals surface area (Å²) in [5.41, 5.74) is 1.93. The van der Waals surface area contributed by atoms with Crippen molar-refractivity contribution in [1.82, 2.24) is 4.90 Å². The predicted octanol–water partition coefficient (Wildman–Crippen LogP) is 6.85. The lowest BCUT2D eigenvalue weighted by Crippen LogP contribution is -2.23. The Morgan fingerprint density at radius 2 is 1.74 bits per heavy atom. The molecule has 3 aromatic rings. The van der Waals surface area contributed by atoms with E-state index in [-0.39, 0.29) is 5.91 Å². The Balaban J connectivity index is 1.49. The Kier molecular flexibility index (Phi) is 6.77. The number of carbonyl (C=O) groups excluding carboxylic acids is 1. The molecule has 1 aliphatic heterocycles. The molecule has 0 radical (unpaired) electrons. The first-order chi connectivity index (χ1) is 14.9. The molecular formula is C23H20ClN3OS3. The van der Waals surface area contributed by atoms with Gasteiger partial charge in [-0.15, -0.1) is 11.3 Å². The highest BCUT2D eigenvalue weighted by Crippen LogP contribution is 2.38. The van der Waals surface area contributed by atoms with Crippen LogP contribution in [0.5, 0.6) is 0 Å². The number of thioether (sulfide) groups is 1. The molecule has 2 aromatic carbocycles. The summed E-state index contributed by atoms with van der Waals surface area (Å²) >= 11 is 10.7. The minimum absolute atomic E-state index is 0.0334. The topological polar surface area (TPSA) is 35.9 Å². The molecule has 4 nitrogen and oxygen atoms in total. The van der Waals surface area contributed by atoms with Crippen molar-refractivity contribution in [2.75, 3.05) is 26.0 Å². The molecule has 1 saturated heterocycles. The fourth-order valence-corrected chi connectivity index (χ4v) is 6.05. The third-order valence-corrected chi connectivity index (χ3v) is 7.99. The standard InChI is InChI=1S/C23H20ClN3OS3/c1-26(2)17-8-6-16(7-9-17)25-23-27(3)22(28)20(31-23)14-19-12-13-21(30-19)29-18-10-4-15(24)5-11-18/h4-14H,1-3H3/b20-14-,25-23?. The molecule has 1 aliphatic rings. The van der Waals surface area contributed by atoms with Crippen molar-refractivity contribution in [1.29, 1.82) is 0 Å². The molecule has 1 amide bonds. The lowest BCUT2D eigenvalue weighted by Gasteiger charge is -2.12. The minimum Gasteiger partial charge on any atom is -0.378 e. The zero-order chi connectivity index (χ0) is 22.0. The first-order valence-corrected chi connectivity index (χ1v) is 12.3. The number of halogens is 1. The maximum Gasteiger partial charge on any atom is 0.266 e. The molecular weight excluding hydrogens is 466 g/mol. The molecule has 0 unspecified atom stereocenters. The largest absolute Gasteiger partial charge is 0.378 e. The van der Waals surface area contributed by atoms with Crippen LogP contribution in [-0.2, 0) is 4.79 Å². The van der Waals surface area contributed by atoms with Crippen molar-refractivity contribution in [3.63, 3.8) is 0 Å². The molecule has 0 spiro atoms. The van der Waals surface area contributed by atoms with Gasteiger partial charge in [-0.3, -0.25) is 9.69 Å². The Morgan fingerprint density at radius 3 is 2.42 bits per heavy atom. The second-order valence-electron chi connectivity index (χ2n) is 6.99. The molecule has 31 heavy (non-hydrogen) atoms. The van der Waals surface area contributed by atoms with Gasteiger partial charge in [-0.1, -0.05) is 23.4 Å². The molecule has 0 aliphatic carbocycles. The van der Waals surface area contributed by atoms with Crippen molar-refractivity contribution < 1.29 is 4.79 Å². The second-order valence-corrected chi connectivity index (χ2v) is 10.9. The van der Waals surface area contributed by atoms with E-state index in [1.807, 2.05) is 79.7 Å². The summed E-state index contributed by atoms with van der Waals surface area (Å²) in [7, 11) is 5.77. The van der Waals surface area contributed by atoms with Crippen molar-refractivity contribution in [3.05, 3.63) is 75.5 Å². The van der Waals surface area contributed by atoms with Gasteiger partial charge < -0.3 is 4.90 Å². The fourth-order valence-electron chi connectivity index (χ4n) is 2.80. The molecule has 0 N–H and O–H groups in total. The molecule has 158 valence electrons. The number of nitrogens with zero attached hydrogens (tertiary/aromatic N) is 3. The minimum atomic E-state index is -0.0334. The molecule has 2 heterocycles. The normalized spacial score (nSPS) is 16.5. The number of hydrogen-bond donors (Lipinski definition) is 0. The number of amidine groups is 1. The van der Waals surface area contributed by atoms with Gasteiger partial charge in [-0.05, 0) is 78.5 Å². The summed E-state index contributed by atoms with van der Waals surface area (Å²) in [6.45, 7) is 0. The van der Waals surface area contributed by atoms with E-state index in [1.54, 1.807) is 35.0 Å². The van der Waals surface area contributed by atoms with E-state index in [4.69, 9.17) is 11.6 Å². The van der Waals surface area contributed by atoms with Crippen LogP contribution >= 0.6 is 46.5 Å². The molecule has 1 aromatic heterocycles. The molecule has 8 heteroatoms. The number of rotatable bonds is 5. The molecule has 4 rings (SSSR count). The number of thiophene rings is 1. The highest BCUT2D eigenvalue weighted by molar-refractivity contribution is 8.18. The SMILES string of the molecule is CN1C(=O)/C(=C/c2ccc(Sc3ccc(Cl)cc3)s2)SC1=Nc1ccc(N(C)C)cc1. The van der Waals surface area contributed by atoms with Crippen molar-refractivity contribution >= 4 is 75.0 Å². The van der Waals surface area contributed by atoms with Crippen molar-refractivity contribution in [2.24, 2.45) is 4.99 Å². The molecule has 0 bridgehead atoms. The van der Waals surface area contributed by atoms with E-state index in [0.717, 1.165) is 30.4 Å². The van der Waals surface area contributed by atoms with Crippen LogP contribution in [0.3, 0.4) is 0 Å². The van der Waals surface area contributed by atoms with E-state index in [2.05, 4.69) is 11.1 Å². The molecule has 0 atom stereocenters. The number of aliphatic imine (C=N–C) groups is 1. The lowest BCUT2D eigenvalue weighted by atomic mass is 10.3. The quantitative estimate of drug-likeness (QED) is 0.370. The van der Waals surface area contributed by atoms with E-state index >= 15 is 0 Å². The van der Waals surface area contributed by atoms with Gasteiger partial charge in [0.1, 0.15) is 0 Å². The first kappa shape index (κ1) is 22.0. The summed E-state index contributed by atoms with van der Waals surface area (Å²) in [5, 5.41) is 1.41. The van der Waals surface area contributed by atoms with Gasteiger partial charge in [0, 0.05) is 41.6 Å². The third-order valence-electron chi connectivity index (χ3n) is 4.50. The van der Waals surface area contributed by atoms with Gasteiger partial charge in [0.25, 0.3) is 5.91 Å². The predicted molar refractivity (Wildman–Crippen MR) is 136 cm³/mol. The van der Waals surface area contributed by atoms with Crippen molar-refractivity contribution in [2.45, 2.75) is 9.10 Å². The Labute approximate surface area is 199 Å². The van der Waals surface area contributed by atoms with Gasteiger partial charge in [0.05, 0.1) is 14.8 Å². The Hall–Kier alpha value is -2.19. The van der Waals surface area contributed by atoms with Gasteiger partial charge in [-0.2, -0.15) is 0 Å².